The summed E-state index contributed by atoms with van der Waals surface area (Å²) in [6, 6.07) is 9.48. The van der Waals surface area contributed by atoms with E-state index in [9.17, 15) is 4.79 Å². The maximum absolute atomic E-state index is 11.9. The van der Waals surface area contributed by atoms with Crippen molar-refractivity contribution < 1.29 is 13.6 Å². The predicted octanol–water partition coefficient (Wildman–Crippen LogP) is 3.47. The van der Waals surface area contributed by atoms with Crippen LogP contribution in [-0.2, 0) is 4.79 Å². The Morgan fingerprint density at radius 2 is 1.90 bits per heavy atom. The molecule has 1 aromatic carbocycles. The number of para-hydroxylation sites is 1. The molecule has 0 saturated heterocycles. The molecule has 3 aromatic rings. The van der Waals surface area contributed by atoms with Gasteiger partial charge < -0.3 is 8.83 Å². The molecule has 0 saturated carbocycles. The van der Waals surface area contributed by atoms with Crippen molar-refractivity contribution >= 4 is 22.9 Å². The van der Waals surface area contributed by atoms with Crippen LogP contribution in [0.4, 0.5) is 6.01 Å². The molecule has 108 valence electrons. The minimum Gasteiger partial charge on any atom is -0.451 e. The fourth-order valence-corrected chi connectivity index (χ4v) is 1.75. The van der Waals surface area contributed by atoms with Crippen molar-refractivity contribution in [1.82, 2.24) is 10.2 Å². The molecular weight excluding hydrogens is 270 g/mol. The third-order valence-corrected chi connectivity index (χ3v) is 2.96. The van der Waals surface area contributed by atoms with Gasteiger partial charge in [-0.15, -0.1) is 5.10 Å². The van der Waals surface area contributed by atoms with Crippen molar-refractivity contribution in [3.63, 3.8) is 0 Å². The molecule has 0 bridgehead atoms. The topological polar surface area (TPSA) is 81.2 Å². The first-order valence-electron chi connectivity index (χ1n) is 6.57. The average Bonchev–Trinajstić information content (AvgIpc) is 3.02. The van der Waals surface area contributed by atoms with E-state index in [4.69, 9.17) is 8.83 Å². The number of anilines is 1. The Bertz CT molecular complexity index is 763. The van der Waals surface area contributed by atoms with Gasteiger partial charge in [-0.05, 0) is 12.1 Å². The Morgan fingerprint density at radius 1 is 1.14 bits per heavy atom. The molecule has 0 aliphatic heterocycles. The number of amides is 1. The maximum Gasteiger partial charge on any atom is 0.322 e. The monoisotopic (exact) mass is 285 g/mol. The Labute approximate surface area is 121 Å². The van der Waals surface area contributed by atoms with E-state index in [-0.39, 0.29) is 17.8 Å². The van der Waals surface area contributed by atoms with Crippen LogP contribution in [0.15, 0.2) is 39.2 Å². The molecule has 2 aromatic heterocycles. The lowest BCUT2D eigenvalue weighted by Gasteiger charge is -2.15. The van der Waals surface area contributed by atoms with Crippen LogP contribution in [0, 0.1) is 5.41 Å². The number of aromatic nitrogens is 2. The summed E-state index contributed by atoms with van der Waals surface area (Å²) in [7, 11) is 0. The zero-order valence-corrected chi connectivity index (χ0v) is 12.0. The Hall–Kier alpha value is -2.63. The molecule has 0 aliphatic carbocycles. The van der Waals surface area contributed by atoms with Gasteiger partial charge >= 0.3 is 6.01 Å². The van der Waals surface area contributed by atoms with Crippen LogP contribution in [0.1, 0.15) is 20.8 Å². The third-order valence-electron chi connectivity index (χ3n) is 2.96. The second-order valence-electron chi connectivity index (χ2n) is 5.76. The molecule has 0 unspecified atom stereocenters. The van der Waals surface area contributed by atoms with Crippen molar-refractivity contribution in [3.05, 3.63) is 30.3 Å². The number of nitrogens with one attached hydrogen (secondary N) is 1. The summed E-state index contributed by atoms with van der Waals surface area (Å²) in [5, 5.41) is 11.2. The minimum absolute atomic E-state index is 0.0605. The first kappa shape index (κ1) is 13.4. The fourth-order valence-electron chi connectivity index (χ4n) is 1.75. The van der Waals surface area contributed by atoms with Crippen LogP contribution in [0.3, 0.4) is 0 Å². The molecular formula is C15H15N3O3. The van der Waals surface area contributed by atoms with Crippen molar-refractivity contribution in [2.75, 3.05) is 5.32 Å². The molecule has 3 rings (SSSR count). The SMILES string of the molecule is CC(C)(C)C(=O)Nc1nnc(-c2cc3ccccc3o2)o1. The molecule has 6 nitrogen and oxygen atoms in total. The molecule has 0 aliphatic rings. The molecule has 21 heavy (non-hydrogen) atoms. The number of hydrogen-bond acceptors (Lipinski definition) is 5. The molecule has 0 fully saturated rings. The maximum atomic E-state index is 11.9. The summed E-state index contributed by atoms with van der Waals surface area (Å²) in [5.41, 5.74) is 0.208. The molecule has 0 radical (unpaired) electrons. The van der Waals surface area contributed by atoms with E-state index in [0.717, 1.165) is 11.0 Å². The van der Waals surface area contributed by atoms with Gasteiger partial charge in [0.1, 0.15) is 5.58 Å². The summed E-state index contributed by atoms with van der Waals surface area (Å²) in [6.07, 6.45) is 0. The number of rotatable bonds is 2. The van der Waals surface area contributed by atoms with Gasteiger partial charge in [0.2, 0.25) is 5.91 Å². The van der Waals surface area contributed by atoms with Gasteiger partial charge in [-0.1, -0.05) is 44.1 Å². The predicted molar refractivity (Wildman–Crippen MR) is 77.6 cm³/mol. The molecule has 1 amide bonds. The number of benzene rings is 1. The fraction of sp³-hybridized carbons (Fsp3) is 0.267. The van der Waals surface area contributed by atoms with Crippen molar-refractivity contribution in [1.29, 1.82) is 0 Å². The third kappa shape index (κ3) is 2.65. The molecule has 0 spiro atoms. The molecule has 2 heterocycles. The van der Waals surface area contributed by atoms with E-state index in [1.165, 1.54) is 0 Å². The van der Waals surface area contributed by atoms with Crippen LogP contribution in [0.5, 0.6) is 0 Å². The second-order valence-corrected chi connectivity index (χ2v) is 5.76. The van der Waals surface area contributed by atoms with E-state index in [2.05, 4.69) is 15.5 Å². The van der Waals surface area contributed by atoms with E-state index < -0.39 is 5.41 Å². The van der Waals surface area contributed by atoms with Crippen LogP contribution < -0.4 is 5.32 Å². The lowest BCUT2D eigenvalue weighted by Crippen LogP contribution is -2.27. The highest BCUT2D eigenvalue weighted by Crippen LogP contribution is 2.27. The van der Waals surface area contributed by atoms with Crippen molar-refractivity contribution in [2.24, 2.45) is 5.41 Å². The van der Waals surface area contributed by atoms with E-state index >= 15 is 0 Å². The average molecular weight is 285 g/mol. The van der Waals surface area contributed by atoms with Gasteiger partial charge in [0.15, 0.2) is 5.76 Å². The quantitative estimate of drug-likeness (QED) is 0.779. The minimum atomic E-state index is -0.534. The van der Waals surface area contributed by atoms with Gasteiger partial charge in [0.05, 0.1) is 0 Å². The second kappa shape index (κ2) is 4.73. The summed E-state index contributed by atoms with van der Waals surface area (Å²) in [5.74, 6) is 0.512. The van der Waals surface area contributed by atoms with Crippen LogP contribution in [-0.4, -0.2) is 16.1 Å². The van der Waals surface area contributed by atoms with Gasteiger partial charge in [-0.2, -0.15) is 0 Å². The van der Waals surface area contributed by atoms with Crippen LogP contribution in [0.25, 0.3) is 22.6 Å². The lowest BCUT2D eigenvalue weighted by atomic mass is 9.96. The highest BCUT2D eigenvalue weighted by molar-refractivity contribution is 5.92. The summed E-state index contributed by atoms with van der Waals surface area (Å²) >= 11 is 0. The number of hydrogen-bond donors (Lipinski definition) is 1. The lowest BCUT2D eigenvalue weighted by molar-refractivity contribution is -0.123. The van der Waals surface area contributed by atoms with E-state index in [0.29, 0.717) is 5.76 Å². The zero-order chi connectivity index (χ0) is 15.0. The van der Waals surface area contributed by atoms with E-state index in [1.807, 2.05) is 30.3 Å². The first-order valence-corrected chi connectivity index (χ1v) is 6.57. The smallest absolute Gasteiger partial charge is 0.322 e. The van der Waals surface area contributed by atoms with Crippen molar-refractivity contribution in [3.8, 4) is 11.7 Å². The number of carbonyl (C=O) groups excluding carboxylic acids is 1. The number of nitrogens with zero attached hydrogens (tertiary/aromatic N) is 2. The zero-order valence-electron chi connectivity index (χ0n) is 12.0. The normalized spacial score (nSPS) is 11.8. The Balaban J connectivity index is 1.86. The highest BCUT2D eigenvalue weighted by Gasteiger charge is 2.23. The van der Waals surface area contributed by atoms with Gasteiger partial charge in [-0.3, -0.25) is 10.1 Å². The molecule has 6 heteroatoms. The highest BCUT2D eigenvalue weighted by atomic mass is 16.4. The Morgan fingerprint density at radius 3 is 2.62 bits per heavy atom. The molecule has 0 atom stereocenters. The largest absolute Gasteiger partial charge is 0.451 e. The number of carbonyl (C=O) groups is 1. The molecule has 1 N–H and O–H groups in total. The van der Waals surface area contributed by atoms with Crippen LogP contribution in [0.2, 0.25) is 0 Å². The Kier molecular flexibility index (Phi) is 3.01. The summed E-state index contributed by atoms with van der Waals surface area (Å²) in [4.78, 5) is 11.9. The first-order chi connectivity index (χ1) is 9.93. The number of fused-ring (bicyclic) bond motifs is 1. The summed E-state index contributed by atoms with van der Waals surface area (Å²) < 4.78 is 11.0. The van der Waals surface area contributed by atoms with Crippen LogP contribution >= 0.6 is 0 Å². The number of furan rings is 1. The van der Waals surface area contributed by atoms with Crippen molar-refractivity contribution in [2.45, 2.75) is 20.8 Å². The van der Waals surface area contributed by atoms with Gasteiger partial charge in [0, 0.05) is 10.8 Å². The summed E-state index contributed by atoms with van der Waals surface area (Å²) in [6.45, 7) is 5.41. The van der Waals surface area contributed by atoms with Gasteiger partial charge in [-0.25, -0.2) is 0 Å². The van der Waals surface area contributed by atoms with E-state index in [1.54, 1.807) is 20.8 Å². The standard InChI is InChI=1S/C15H15N3O3/c1-15(2,3)13(19)16-14-18-17-12(21-14)11-8-9-6-4-5-7-10(9)20-11/h4-8H,1-3H3,(H,16,18,19). The van der Waals surface area contributed by atoms with Gasteiger partial charge in [0.25, 0.3) is 5.89 Å².